The fourth-order valence-corrected chi connectivity index (χ4v) is 2.50. The van der Waals surface area contributed by atoms with Crippen LogP contribution in [-0.2, 0) is 19.8 Å². The van der Waals surface area contributed by atoms with E-state index >= 15 is 0 Å². The standard InChI is InChI=1S/C14H14N2O4/c17-11-8-16(12(18)7-15-11)10-3-1-9(2-4-10)14(5-6-14)13(19)20/h1-4H,5-8H2,(H,15,17)(H,19,20). The van der Waals surface area contributed by atoms with Crippen molar-refractivity contribution in [2.24, 2.45) is 0 Å². The van der Waals surface area contributed by atoms with Gasteiger partial charge in [-0.25, -0.2) is 0 Å². The van der Waals surface area contributed by atoms with Crippen molar-refractivity contribution in [1.82, 2.24) is 5.32 Å². The van der Waals surface area contributed by atoms with E-state index in [2.05, 4.69) is 5.32 Å². The zero-order chi connectivity index (χ0) is 14.3. The number of nitrogens with zero attached hydrogens (tertiary/aromatic N) is 1. The van der Waals surface area contributed by atoms with Crippen molar-refractivity contribution < 1.29 is 19.5 Å². The highest BCUT2D eigenvalue weighted by atomic mass is 16.4. The number of aliphatic carboxylic acids is 1. The highest BCUT2D eigenvalue weighted by Crippen LogP contribution is 2.48. The highest BCUT2D eigenvalue weighted by molar-refractivity contribution is 6.04. The Hall–Kier alpha value is -2.37. The Balaban J connectivity index is 1.85. The zero-order valence-corrected chi connectivity index (χ0v) is 10.8. The molecule has 2 N–H and O–H groups in total. The minimum atomic E-state index is -0.807. The second kappa shape index (κ2) is 4.33. The smallest absolute Gasteiger partial charge is 0.314 e. The van der Waals surface area contributed by atoms with Crippen molar-refractivity contribution in [2.75, 3.05) is 18.0 Å². The number of carbonyl (C=O) groups excluding carboxylic acids is 2. The number of anilines is 1. The number of carboxylic acids is 1. The predicted octanol–water partition coefficient (Wildman–Crippen LogP) is 0.266. The van der Waals surface area contributed by atoms with Crippen molar-refractivity contribution in [3.8, 4) is 0 Å². The lowest BCUT2D eigenvalue weighted by Gasteiger charge is -2.27. The van der Waals surface area contributed by atoms with Gasteiger partial charge in [-0.2, -0.15) is 0 Å². The monoisotopic (exact) mass is 274 g/mol. The third kappa shape index (κ3) is 1.93. The largest absolute Gasteiger partial charge is 0.481 e. The van der Waals surface area contributed by atoms with E-state index in [0.29, 0.717) is 18.5 Å². The van der Waals surface area contributed by atoms with Crippen LogP contribution < -0.4 is 10.2 Å². The highest BCUT2D eigenvalue weighted by Gasteiger charge is 2.51. The summed E-state index contributed by atoms with van der Waals surface area (Å²) in [5.74, 6) is -1.17. The number of carboxylic acid groups (broad SMARTS) is 1. The fourth-order valence-electron chi connectivity index (χ4n) is 2.50. The first-order chi connectivity index (χ1) is 9.53. The Morgan fingerprint density at radius 1 is 1.20 bits per heavy atom. The molecule has 1 aromatic carbocycles. The molecule has 1 aromatic rings. The number of hydrogen-bond donors (Lipinski definition) is 2. The molecule has 0 spiro atoms. The Kier molecular flexibility index (Phi) is 2.74. The number of carbonyl (C=O) groups is 3. The summed E-state index contributed by atoms with van der Waals surface area (Å²) < 4.78 is 0. The van der Waals surface area contributed by atoms with Gasteiger partial charge in [0.05, 0.1) is 12.0 Å². The lowest BCUT2D eigenvalue weighted by atomic mass is 9.96. The van der Waals surface area contributed by atoms with Crippen LogP contribution in [0.15, 0.2) is 24.3 Å². The van der Waals surface area contributed by atoms with Crippen LogP contribution >= 0.6 is 0 Å². The predicted molar refractivity (Wildman–Crippen MR) is 70.4 cm³/mol. The number of nitrogens with one attached hydrogen (secondary N) is 1. The van der Waals surface area contributed by atoms with E-state index in [9.17, 15) is 19.5 Å². The lowest BCUT2D eigenvalue weighted by molar-refractivity contribution is -0.140. The van der Waals surface area contributed by atoms with Crippen molar-refractivity contribution >= 4 is 23.5 Å². The SMILES string of the molecule is O=C1CN(c2ccc(C3(C(=O)O)CC3)cc2)C(=O)CN1. The quantitative estimate of drug-likeness (QED) is 0.828. The van der Waals surface area contributed by atoms with Crippen molar-refractivity contribution in [1.29, 1.82) is 0 Å². The third-order valence-electron chi connectivity index (χ3n) is 3.93. The molecular weight excluding hydrogens is 260 g/mol. The summed E-state index contributed by atoms with van der Waals surface area (Å²) >= 11 is 0. The van der Waals surface area contributed by atoms with Crippen LogP contribution in [0.1, 0.15) is 18.4 Å². The molecule has 1 saturated heterocycles. The summed E-state index contributed by atoms with van der Waals surface area (Å²) in [7, 11) is 0. The second-order valence-electron chi connectivity index (χ2n) is 5.19. The molecule has 1 heterocycles. The van der Waals surface area contributed by atoms with Gasteiger partial charge in [0.2, 0.25) is 11.8 Å². The molecule has 0 unspecified atom stereocenters. The van der Waals surface area contributed by atoms with Gasteiger partial charge in [-0.1, -0.05) is 12.1 Å². The Bertz CT molecular complexity index is 590. The molecule has 6 nitrogen and oxygen atoms in total. The summed E-state index contributed by atoms with van der Waals surface area (Å²) in [6.07, 6.45) is 1.29. The van der Waals surface area contributed by atoms with Gasteiger partial charge in [0.15, 0.2) is 0 Å². The van der Waals surface area contributed by atoms with E-state index in [-0.39, 0.29) is 24.9 Å². The molecule has 2 aliphatic rings. The normalized spacial score (nSPS) is 20.5. The summed E-state index contributed by atoms with van der Waals surface area (Å²) in [6.45, 7) is 0.00189. The van der Waals surface area contributed by atoms with Crippen molar-refractivity contribution in [3.05, 3.63) is 29.8 Å². The lowest BCUT2D eigenvalue weighted by Crippen LogP contribution is -2.51. The fraction of sp³-hybridized carbons (Fsp3) is 0.357. The Labute approximate surface area is 115 Å². The molecule has 0 aromatic heterocycles. The van der Waals surface area contributed by atoms with E-state index < -0.39 is 11.4 Å². The van der Waals surface area contributed by atoms with Gasteiger partial charge in [-0.15, -0.1) is 0 Å². The van der Waals surface area contributed by atoms with Gasteiger partial charge < -0.3 is 15.3 Å². The topological polar surface area (TPSA) is 86.7 Å². The van der Waals surface area contributed by atoms with Crippen LogP contribution in [0.25, 0.3) is 0 Å². The minimum absolute atomic E-state index is 0.000349. The second-order valence-corrected chi connectivity index (χ2v) is 5.19. The molecule has 20 heavy (non-hydrogen) atoms. The molecule has 0 radical (unpaired) electrons. The van der Waals surface area contributed by atoms with E-state index in [4.69, 9.17) is 0 Å². The molecule has 1 saturated carbocycles. The van der Waals surface area contributed by atoms with Gasteiger partial charge >= 0.3 is 5.97 Å². The van der Waals surface area contributed by atoms with Crippen LogP contribution in [-0.4, -0.2) is 36.0 Å². The third-order valence-corrected chi connectivity index (χ3v) is 3.93. The van der Waals surface area contributed by atoms with Crippen LogP contribution in [0, 0.1) is 0 Å². The summed E-state index contributed by atoms with van der Waals surface area (Å²) in [4.78, 5) is 35.7. The minimum Gasteiger partial charge on any atom is -0.481 e. The number of benzene rings is 1. The average molecular weight is 274 g/mol. The number of hydrogen-bond acceptors (Lipinski definition) is 3. The number of rotatable bonds is 3. The van der Waals surface area contributed by atoms with Gasteiger partial charge in [-0.3, -0.25) is 14.4 Å². The molecule has 1 aliphatic carbocycles. The van der Waals surface area contributed by atoms with E-state index in [1.165, 1.54) is 4.90 Å². The molecule has 2 fully saturated rings. The first kappa shape index (κ1) is 12.7. The summed E-state index contributed by atoms with van der Waals surface area (Å²) in [5, 5.41) is 11.7. The maximum Gasteiger partial charge on any atom is 0.314 e. The van der Waals surface area contributed by atoms with Gasteiger partial charge in [0.1, 0.15) is 6.54 Å². The van der Waals surface area contributed by atoms with Crippen molar-refractivity contribution in [2.45, 2.75) is 18.3 Å². The van der Waals surface area contributed by atoms with Gasteiger partial charge in [0, 0.05) is 5.69 Å². The van der Waals surface area contributed by atoms with Gasteiger partial charge in [-0.05, 0) is 30.5 Å². The Morgan fingerprint density at radius 3 is 2.40 bits per heavy atom. The van der Waals surface area contributed by atoms with Crippen LogP contribution in [0.4, 0.5) is 5.69 Å². The van der Waals surface area contributed by atoms with E-state index in [0.717, 1.165) is 5.56 Å². The summed E-state index contributed by atoms with van der Waals surface area (Å²) in [6, 6.07) is 6.87. The van der Waals surface area contributed by atoms with E-state index in [1.54, 1.807) is 24.3 Å². The van der Waals surface area contributed by atoms with Crippen molar-refractivity contribution in [3.63, 3.8) is 0 Å². The molecule has 3 rings (SSSR count). The van der Waals surface area contributed by atoms with Crippen LogP contribution in [0.3, 0.4) is 0 Å². The molecule has 1 aliphatic heterocycles. The zero-order valence-electron chi connectivity index (χ0n) is 10.8. The maximum absolute atomic E-state index is 11.8. The molecular formula is C14H14N2O4. The Morgan fingerprint density at radius 2 is 1.85 bits per heavy atom. The maximum atomic E-state index is 11.8. The van der Waals surface area contributed by atoms with E-state index in [1.807, 2.05) is 0 Å². The number of piperazine rings is 1. The molecule has 0 atom stereocenters. The first-order valence-electron chi connectivity index (χ1n) is 6.44. The molecule has 6 heteroatoms. The number of amides is 2. The summed E-state index contributed by atoms with van der Waals surface area (Å²) in [5.41, 5.74) is 0.624. The molecule has 0 bridgehead atoms. The molecule has 2 amide bonds. The molecule has 104 valence electrons. The van der Waals surface area contributed by atoms with Gasteiger partial charge in [0.25, 0.3) is 0 Å². The average Bonchev–Trinajstić information content (AvgIpc) is 3.23. The van der Waals surface area contributed by atoms with Crippen LogP contribution in [0.2, 0.25) is 0 Å². The first-order valence-corrected chi connectivity index (χ1v) is 6.44. The van der Waals surface area contributed by atoms with Crippen LogP contribution in [0.5, 0.6) is 0 Å².